The van der Waals surface area contributed by atoms with E-state index in [9.17, 15) is 4.79 Å². The van der Waals surface area contributed by atoms with Crippen LogP contribution in [0.15, 0.2) is 4.99 Å². The Morgan fingerprint density at radius 1 is 1.35 bits per heavy atom. The van der Waals surface area contributed by atoms with Crippen LogP contribution in [0.5, 0.6) is 0 Å². The van der Waals surface area contributed by atoms with Crippen LogP contribution in [0.25, 0.3) is 0 Å². The molecule has 0 unspecified atom stereocenters. The number of aliphatic imine (C=N–C) groups is 1. The molecule has 0 radical (unpaired) electrons. The van der Waals surface area contributed by atoms with Gasteiger partial charge >= 0.3 is 6.09 Å². The van der Waals surface area contributed by atoms with Gasteiger partial charge in [-0.2, -0.15) is 0 Å². The van der Waals surface area contributed by atoms with E-state index >= 15 is 0 Å². The zero-order valence-corrected chi connectivity index (χ0v) is 11.5. The Morgan fingerprint density at radius 2 is 1.94 bits per heavy atom. The first-order chi connectivity index (χ1) is 7.90. The van der Waals surface area contributed by atoms with Gasteiger partial charge in [0.25, 0.3) is 0 Å². The summed E-state index contributed by atoms with van der Waals surface area (Å²) in [5, 5.41) is 5.31. The van der Waals surface area contributed by atoms with Crippen molar-refractivity contribution in [1.82, 2.24) is 5.32 Å². The molecule has 0 atom stereocenters. The molecule has 1 aliphatic rings. The zero-order chi connectivity index (χ0) is 12.9. The Kier molecular flexibility index (Phi) is 5.09. The maximum absolute atomic E-state index is 11.5. The van der Waals surface area contributed by atoms with Crippen LogP contribution in [0.2, 0.25) is 0 Å². The maximum Gasteiger partial charge on any atom is 0.407 e. The third kappa shape index (κ3) is 5.80. The van der Waals surface area contributed by atoms with Crippen LogP contribution in [0, 0.1) is 0 Å². The van der Waals surface area contributed by atoms with Crippen LogP contribution >= 0.6 is 12.2 Å². The molecule has 0 heterocycles. The van der Waals surface area contributed by atoms with Crippen LogP contribution in [-0.2, 0) is 4.74 Å². The fourth-order valence-electron chi connectivity index (χ4n) is 1.90. The molecule has 0 spiro atoms. The van der Waals surface area contributed by atoms with Gasteiger partial charge < -0.3 is 10.1 Å². The number of carbonyl (C=O) groups is 1. The van der Waals surface area contributed by atoms with Gasteiger partial charge in [-0.1, -0.05) is 0 Å². The summed E-state index contributed by atoms with van der Waals surface area (Å²) in [6, 6.07) is 0.477. The van der Waals surface area contributed by atoms with E-state index < -0.39 is 5.60 Å². The van der Waals surface area contributed by atoms with E-state index in [1.54, 1.807) is 0 Å². The smallest absolute Gasteiger partial charge is 0.407 e. The second kappa shape index (κ2) is 6.12. The van der Waals surface area contributed by atoms with Crippen molar-refractivity contribution in [3.05, 3.63) is 0 Å². The molecule has 1 N–H and O–H groups in total. The van der Waals surface area contributed by atoms with Gasteiger partial charge in [0.2, 0.25) is 0 Å². The summed E-state index contributed by atoms with van der Waals surface area (Å²) in [7, 11) is 0. The third-order valence-electron chi connectivity index (χ3n) is 2.65. The van der Waals surface area contributed by atoms with Gasteiger partial charge in [0, 0.05) is 6.04 Å². The summed E-state index contributed by atoms with van der Waals surface area (Å²) in [5.41, 5.74) is -0.442. The monoisotopic (exact) mass is 256 g/mol. The molecule has 17 heavy (non-hydrogen) atoms. The second-order valence-corrected chi connectivity index (χ2v) is 5.55. The topological polar surface area (TPSA) is 50.7 Å². The van der Waals surface area contributed by atoms with Crippen LogP contribution < -0.4 is 5.32 Å². The molecule has 0 bridgehead atoms. The number of alkyl carbamates (subject to hydrolysis) is 1. The first-order valence-electron chi connectivity index (χ1n) is 5.97. The molecule has 5 heteroatoms. The molecule has 1 aliphatic carbocycles. The summed E-state index contributed by atoms with van der Waals surface area (Å²) in [6.45, 7) is 5.58. The Labute approximate surface area is 108 Å². The summed E-state index contributed by atoms with van der Waals surface area (Å²) in [4.78, 5) is 15.6. The highest BCUT2D eigenvalue weighted by Crippen LogP contribution is 2.21. The minimum Gasteiger partial charge on any atom is -0.444 e. The number of hydrogen-bond donors (Lipinski definition) is 1. The summed E-state index contributed by atoms with van der Waals surface area (Å²) in [6.07, 6.45) is 3.41. The van der Waals surface area contributed by atoms with Gasteiger partial charge in [-0.25, -0.2) is 9.79 Å². The fourth-order valence-corrected chi connectivity index (χ4v) is 2.05. The lowest BCUT2D eigenvalue weighted by Crippen LogP contribution is -2.41. The molecule has 1 rings (SSSR count). The number of hydrogen-bond acceptors (Lipinski definition) is 4. The number of amides is 1. The third-order valence-corrected chi connectivity index (χ3v) is 2.76. The van der Waals surface area contributed by atoms with Gasteiger partial charge in [0.1, 0.15) is 5.60 Å². The highest BCUT2D eigenvalue weighted by Gasteiger charge is 2.24. The van der Waals surface area contributed by atoms with Crippen molar-refractivity contribution in [3.8, 4) is 0 Å². The molecule has 0 aromatic heterocycles. The molecule has 1 fully saturated rings. The summed E-state index contributed by atoms with van der Waals surface area (Å²) < 4.78 is 5.21. The molecular formula is C12H20N2O2S. The first kappa shape index (κ1) is 14.1. The average Bonchev–Trinajstić information content (AvgIpc) is 2.18. The number of nitrogens with zero attached hydrogens (tertiary/aromatic N) is 1. The van der Waals surface area contributed by atoms with Crippen molar-refractivity contribution in [2.45, 2.75) is 64.1 Å². The molecule has 0 saturated heterocycles. The maximum atomic E-state index is 11.5. The normalized spacial score (nSPS) is 24.6. The van der Waals surface area contributed by atoms with Gasteiger partial charge in [-0.05, 0) is 58.7 Å². The number of nitrogens with one attached hydrogen (secondary N) is 1. The van der Waals surface area contributed by atoms with Crippen molar-refractivity contribution >= 4 is 23.5 Å². The number of carbonyl (C=O) groups excluding carboxylic acids is 1. The van der Waals surface area contributed by atoms with E-state index in [2.05, 4.69) is 27.7 Å². The van der Waals surface area contributed by atoms with Crippen molar-refractivity contribution in [2.24, 2.45) is 4.99 Å². The van der Waals surface area contributed by atoms with E-state index in [1.165, 1.54) is 0 Å². The predicted molar refractivity (Wildman–Crippen MR) is 70.4 cm³/mol. The van der Waals surface area contributed by atoms with Crippen molar-refractivity contribution in [1.29, 1.82) is 0 Å². The van der Waals surface area contributed by atoms with Crippen LogP contribution in [0.3, 0.4) is 0 Å². The summed E-state index contributed by atoms with van der Waals surface area (Å²) >= 11 is 4.59. The van der Waals surface area contributed by atoms with Crippen LogP contribution in [0.1, 0.15) is 46.5 Å². The predicted octanol–water partition coefficient (Wildman–Crippen LogP) is 2.93. The SMILES string of the molecule is CC(C)(C)OC(=O)N[C@H]1CC[C@@H](N=C=S)CC1. The lowest BCUT2D eigenvalue weighted by molar-refractivity contribution is 0.0491. The van der Waals surface area contributed by atoms with E-state index in [0.717, 1.165) is 25.7 Å². The van der Waals surface area contributed by atoms with E-state index in [4.69, 9.17) is 4.74 Å². The number of rotatable bonds is 2. The Hall–Kier alpha value is -0.930. The molecule has 0 aliphatic heterocycles. The van der Waals surface area contributed by atoms with Gasteiger partial charge in [0.15, 0.2) is 0 Å². The molecule has 1 saturated carbocycles. The Balaban J connectivity index is 2.31. The molecule has 96 valence electrons. The number of thiocarbonyl (C=S) groups is 1. The van der Waals surface area contributed by atoms with Crippen molar-refractivity contribution in [2.75, 3.05) is 0 Å². The van der Waals surface area contributed by atoms with Crippen molar-refractivity contribution in [3.63, 3.8) is 0 Å². The van der Waals surface area contributed by atoms with E-state index in [0.29, 0.717) is 0 Å². The van der Waals surface area contributed by atoms with Gasteiger partial charge in [-0.15, -0.1) is 0 Å². The van der Waals surface area contributed by atoms with Crippen molar-refractivity contribution < 1.29 is 9.53 Å². The Morgan fingerprint density at radius 3 is 2.41 bits per heavy atom. The molecule has 0 aromatic rings. The quantitative estimate of drug-likeness (QED) is 0.610. The largest absolute Gasteiger partial charge is 0.444 e. The summed E-state index contributed by atoms with van der Waals surface area (Å²) in [5.74, 6) is 0. The first-order valence-corrected chi connectivity index (χ1v) is 6.38. The van der Waals surface area contributed by atoms with Crippen LogP contribution in [0.4, 0.5) is 4.79 Å². The fraction of sp³-hybridized carbons (Fsp3) is 0.833. The van der Waals surface area contributed by atoms with Gasteiger partial charge in [0.05, 0.1) is 11.2 Å². The highest BCUT2D eigenvalue weighted by molar-refractivity contribution is 7.78. The Bertz CT molecular complexity index is 311. The lowest BCUT2D eigenvalue weighted by Gasteiger charge is -2.28. The number of ether oxygens (including phenoxy) is 1. The molecule has 1 amide bonds. The van der Waals surface area contributed by atoms with Crippen LogP contribution in [-0.4, -0.2) is 28.9 Å². The van der Waals surface area contributed by atoms with Gasteiger partial charge in [-0.3, -0.25) is 0 Å². The number of isothiocyanates is 1. The average molecular weight is 256 g/mol. The zero-order valence-electron chi connectivity index (χ0n) is 10.7. The minimum absolute atomic E-state index is 0.196. The van der Waals surface area contributed by atoms with E-state index in [-0.39, 0.29) is 18.2 Å². The molecular weight excluding hydrogens is 236 g/mol. The highest BCUT2D eigenvalue weighted by atomic mass is 32.1. The second-order valence-electron chi connectivity index (χ2n) is 5.37. The molecule has 0 aromatic carbocycles. The lowest BCUT2D eigenvalue weighted by atomic mass is 9.92. The minimum atomic E-state index is -0.442. The van der Waals surface area contributed by atoms with E-state index in [1.807, 2.05) is 20.8 Å². The standard InChI is InChI=1S/C12H20N2O2S/c1-12(2,3)16-11(15)14-10-6-4-9(5-7-10)13-8-17/h9-10H,4-7H2,1-3H3,(H,14,15)/t9-,10+. The molecule has 4 nitrogen and oxygen atoms in total.